The minimum atomic E-state index is -1.32. The second-order valence-electron chi connectivity index (χ2n) is 7.26. The summed E-state index contributed by atoms with van der Waals surface area (Å²) in [4.78, 5) is 11.6. The van der Waals surface area contributed by atoms with E-state index in [0.717, 1.165) is 22.7 Å². The van der Waals surface area contributed by atoms with E-state index in [1.54, 1.807) is 0 Å². The highest BCUT2D eigenvalue weighted by molar-refractivity contribution is 5.68. The summed E-state index contributed by atoms with van der Waals surface area (Å²) < 4.78 is 17.8. The van der Waals surface area contributed by atoms with E-state index in [9.17, 15) is 10.1 Å². The summed E-state index contributed by atoms with van der Waals surface area (Å²) in [6, 6.07) is 4.20. The Balaban J connectivity index is 2.09. The average molecular weight is 329 g/mol. The van der Waals surface area contributed by atoms with Gasteiger partial charge in [0.25, 0.3) is 0 Å². The Labute approximate surface area is 142 Å². The number of carbonyl (C=O) groups excluding carboxylic acids is 1. The summed E-state index contributed by atoms with van der Waals surface area (Å²) in [5.74, 6) is 1.11. The Kier molecular flexibility index (Phi) is 3.47. The maximum absolute atomic E-state index is 11.6. The number of nitrogens with zero attached hydrogens (tertiary/aromatic N) is 1. The number of hydrogen-bond donors (Lipinski definition) is 0. The number of furan rings is 1. The van der Waals surface area contributed by atoms with Gasteiger partial charge in [-0.05, 0) is 51.0 Å². The molecule has 4 atom stereocenters. The predicted octanol–water partition coefficient (Wildman–Crippen LogP) is 3.70. The molecule has 0 aromatic carbocycles. The zero-order valence-corrected chi connectivity index (χ0v) is 15.0. The van der Waals surface area contributed by atoms with Gasteiger partial charge in [-0.2, -0.15) is 5.26 Å². The van der Waals surface area contributed by atoms with Crippen LogP contribution in [0, 0.1) is 25.2 Å². The number of rotatable bonds is 3. The third-order valence-corrected chi connectivity index (χ3v) is 5.54. The maximum Gasteiger partial charge on any atom is 0.304 e. The Morgan fingerprint density at radius 2 is 2.08 bits per heavy atom. The molecule has 1 fully saturated rings. The quantitative estimate of drug-likeness (QED) is 0.624. The van der Waals surface area contributed by atoms with Crippen molar-refractivity contribution >= 4 is 5.97 Å². The lowest BCUT2D eigenvalue weighted by Crippen LogP contribution is -2.50. The van der Waals surface area contributed by atoms with E-state index in [0.29, 0.717) is 6.42 Å². The van der Waals surface area contributed by atoms with Crippen LogP contribution in [0.15, 0.2) is 22.1 Å². The first kappa shape index (κ1) is 16.8. The lowest BCUT2D eigenvalue weighted by molar-refractivity contribution is -0.161. The van der Waals surface area contributed by atoms with Gasteiger partial charge >= 0.3 is 5.97 Å². The van der Waals surface area contributed by atoms with Crippen molar-refractivity contribution in [3.8, 4) is 6.07 Å². The first-order chi connectivity index (χ1) is 11.1. The van der Waals surface area contributed by atoms with E-state index in [4.69, 9.17) is 13.9 Å². The van der Waals surface area contributed by atoms with Crippen molar-refractivity contribution in [1.82, 2.24) is 0 Å². The zero-order chi connectivity index (χ0) is 17.9. The van der Waals surface area contributed by atoms with Crippen LogP contribution >= 0.6 is 0 Å². The van der Waals surface area contributed by atoms with Crippen LogP contribution in [-0.4, -0.2) is 22.8 Å². The third kappa shape index (κ3) is 1.99. The van der Waals surface area contributed by atoms with E-state index in [1.165, 1.54) is 6.92 Å². The van der Waals surface area contributed by atoms with Gasteiger partial charge in [0.1, 0.15) is 28.8 Å². The molecule has 24 heavy (non-hydrogen) atoms. The van der Waals surface area contributed by atoms with Crippen molar-refractivity contribution in [3.05, 3.63) is 34.8 Å². The molecule has 1 saturated heterocycles. The first-order valence-electron chi connectivity index (χ1n) is 8.17. The molecule has 5 heteroatoms. The van der Waals surface area contributed by atoms with Crippen molar-refractivity contribution in [2.24, 2.45) is 0 Å². The standard InChI is InChI=1S/C19H23NO4/c1-11-7-13(3)22-16(11)14(4)19-9-18(10-20,23-15(5)21)17(6,24-19)8-12(19)2/h7-8,14H,9H2,1-6H3/t14-,17+,18+,19+/m0/s1. The van der Waals surface area contributed by atoms with Gasteiger partial charge in [-0.15, -0.1) is 0 Å². The molecule has 3 heterocycles. The van der Waals surface area contributed by atoms with Crippen LogP contribution in [0.2, 0.25) is 0 Å². The fraction of sp³-hybridized carbons (Fsp3) is 0.579. The van der Waals surface area contributed by atoms with Gasteiger partial charge in [-0.25, -0.2) is 0 Å². The number of hydrogen-bond acceptors (Lipinski definition) is 5. The topological polar surface area (TPSA) is 72.5 Å². The summed E-state index contributed by atoms with van der Waals surface area (Å²) in [5.41, 5.74) is -0.886. The number of aryl methyl sites for hydroxylation is 2. The van der Waals surface area contributed by atoms with Crippen LogP contribution in [0.5, 0.6) is 0 Å². The molecule has 5 nitrogen and oxygen atoms in total. The second-order valence-corrected chi connectivity index (χ2v) is 7.26. The maximum atomic E-state index is 11.6. The van der Waals surface area contributed by atoms with Crippen LogP contribution < -0.4 is 0 Å². The highest BCUT2D eigenvalue weighted by atomic mass is 16.6. The highest BCUT2D eigenvalue weighted by Crippen LogP contribution is 2.61. The van der Waals surface area contributed by atoms with Crippen LogP contribution in [-0.2, 0) is 14.3 Å². The Morgan fingerprint density at radius 1 is 1.42 bits per heavy atom. The normalized spacial score (nSPS) is 35.5. The lowest BCUT2D eigenvalue weighted by Gasteiger charge is -2.36. The van der Waals surface area contributed by atoms with E-state index in [1.807, 2.05) is 46.8 Å². The van der Waals surface area contributed by atoms with Crippen molar-refractivity contribution in [3.63, 3.8) is 0 Å². The number of nitriles is 1. The van der Waals surface area contributed by atoms with Crippen molar-refractivity contribution in [2.45, 2.75) is 70.7 Å². The van der Waals surface area contributed by atoms with Crippen LogP contribution in [0.1, 0.15) is 57.1 Å². The average Bonchev–Trinajstić information content (AvgIpc) is 3.03. The smallest absolute Gasteiger partial charge is 0.304 e. The van der Waals surface area contributed by atoms with Crippen LogP contribution in [0.25, 0.3) is 0 Å². The summed E-state index contributed by atoms with van der Waals surface area (Å²) in [7, 11) is 0. The highest BCUT2D eigenvalue weighted by Gasteiger charge is 2.71. The molecule has 1 aromatic rings. The van der Waals surface area contributed by atoms with Gasteiger partial charge in [-0.1, -0.05) is 6.92 Å². The van der Waals surface area contributed by atoms with Gasteiger partial charge in [0.15, 0.2) is 0 Å². The number of fused-ring (bicyclic) bond motifs is 2. The molecule has 0 amide bonds. The van der Waals surface area contributed by atoms with Crippen LogP contribution in [0.3, 0.4) is 0 Å². The Morgan fingerprint density at radius 3 is 2.58 bits per heavy atom. The molecule has 3 rings (SSSR count). The van der Waals surface area contributed by atoms with E-state index in [2.05, 4.69) is 6.07 Å². The number of carbonyl (C=O) groups is 1. The molecular weight excluding hydrogens is 306 g/mol. The molecule has 0 saturated carbocycles. The summed E-state index contributed by atoms with van der Waals surface area (Å²) in [6.07, 6.45) is 2.22. The van der Waals surface area contributed by atoms with Crippen molar-refractivity contribution < 1.29 is 18.7 Å². The monoisotopic (exact) mass is 329 g/mol. The Bertz CT molecular complexity index is 786. The molecule has 0 spiro atoms. The molecule has 2 bridgehead atoms. The predicted molar refractivity (Wildman–Crippen MR) is 87.3 cm³/mol. The summed E-state index contributed by atoms with van der Waals surface area (Å²) >= 11 is 0. The molecular formula is C19H23NO4. The number of esters is 1. The molecule has 0 aliphatic carbocycles. The van der Waals surface area contributed by atoms with Crippen LogP contribution in [0.4, 0.5) is 0 Å². The molecule has 0 radical (unpaired) electrons. The zero-order valence-electron chi connectivity index (χ0n) is 15.0. The van der Waals surface area contributed by atoms with E-state index >= 15 is 0 Å². The Hall–Kier alpha value is -2.06. The van der Waals surface area contributed by atoms with Gasteiger partial charge < -0.3 is 13.9 Å². The number of ether oxygens (including phenoxy) is 2. The summed E-state index contributed by atoms with van der Waals surface area (Å²) in [6.45, 7) is 11.1. The van der Waals surface area contributed by atoms with Gasteiger partial charge in [0, 0.05) is 19.3 Å². The molecule has 1 aromatic heterocycles. The molecule has 0 unspecified atom stereocenters. The fourth-order valence-corrected chi connectivity index (χ4v) is 4.38. The molecule has 2 aliphatic rings. The third-order valence-electron chi connectivity index (χ3n) is 5.54. The van der Waals surface area contributed by atoms with Crippen molar-refractivity contribution in [1.29, 1.82) is 5.26 Å². The van der Waals surface area contributed by atoms with Gasteiger partial charge in [-0.3, -0.25) is 4.79 Å². The van der Waals surface area contributed by atoms with E-state index in [-0.39, 0.29) is 5.92 Å². The first-order valence-corrected chi connectivity index (χ1v) is 8.17. The largest absolute Gasteiger partial charge is 0.466 e. The van der Waals surface area contributed by atoms with Gasteiger partial charge in [0.05, 0.1) is 0 Å². The molecule has 128 valence electrons. The minimum absolute atomic E-state index is 0.102. The lowest BCUT2D eigenvalue weighted by atomic mass is 9.68. The SMILES string of the molecule is CC(=O)O[C@@]1(C#N)C[C@@]2([C@@H](C)c3oc(C)cc3C)O[C@]1(C)C=C2C. The van der Waals surface area contributed by atoms with Crippen molar-refractivity contribution in [2.75, 3.05) is 0 Å². The molecule has 0 N–H and O–H groups in total. The van der Waals surface area contributed by atoms with Gasteiger partial charge in [0.2, 0.25) is 5.60 Å². The van der Waals surface area contributed by atoms with E-state index < -0.39 is 22.8 Å². The fourth-order valence-electron chi connectivity index (χ4n) is 4.38. The second kappa shape index (κ2) is 4.97. The minimum Gasteiger partial charge on any atom is -0.466 e. The summed E-state index contributed by atoms with van der Waals surface area (Å²) in [5, 5.41) is 9.80. The molecule has 2 aliphatic heterocycles.